The first-order valence-corrected chi connectivity index (χ1v) is 5.91. The average Bonchev–Trinajstić information content (AvgIpc) is 2.50. The molecule has 0 bridgehead atoms. The van der Waals surface area contributed by atoms with E-state index in [4.69, 9.17) is 0 Å². The Kier molecular flexibility index (Phi) is 2.83. The monoisotopic (exact) mass is 203 g/mol. The van der Waals surface area contributed by atoms with Gasteiger partial charge in [0.25, 0.3) is 0 Å². The first kappa shape index (κ1) is 10.7. The second kappa shape index (κ2) is 3.97. The molecule has 1 N–H and O–H groups in total. The Morgan fingerprint density at radius 3 is 2.40 bits per heavy atom. The van der Waals surface area contributed by atoms with E-state index in [1.165, 1.54) is 23.1 Å². The van der Waals surface area contributed by atoms with Gasteiger partial charge in [0.1, 0.15) is 0 Å². The molecule has 1 saturated heterocycles. The minimum absolute atomic E-state index is 0.613. The maximum Gasteiger partial charge on any atom is 0.0110 e. The highest BCUT2D eigenvalue weighted by Crippen LogP contribution is 2.31. The Labute approximate surface area is 92.9 Å². The van der Waals surface area contributed by atoms with Crippen molar-refractivity contribution in [1.29, 1.82) is 0 Å². The smallest absolute Gasteiger partial charge is 0.0110 e. The fourth-order valence-corrected chi connectivity index (χ4v) is 2.64. The Hall–Kier alpha value is -0.820. The second-order valence-corrected chi connectivity index (χ2v) is 5.04. The summed E-state index contributed by atoms with van der Waals surface area (Å²) in [4.78, 5) is 0. The van der Waals surface area contributed by atoms with Crippen LogP contribution in [0.1, 0.15) is 42.9 Å². The van der Waals surface area contributed by atoms with Gasteiger partial charge < -0.3 is 5.32 Å². The minimum atomic E-state index is 0.613. The lowest BCUT2D eigenvalue weighted by Crippen LogP contribution is -2.26. The van der Waals surface area contributed by atoms with E-state index in [1.807, 2.05) is 0 Å². The molecule has 1 heterocycles. The van der Waals surface area contributed by atoms with Crippen molar-refractivity contribution in [3.63, 3.8) is 0 Å². The van der Waals surface area contributed by atoms with Gasteiger partial charge in [0.15, 0.2) is 0 Å². The van der Waals surface area contributed by atoms with Crippen molar-refractivity contribution in [3.8, 4) is 0 Å². The summed E-state index contributed by atoms with van der Waals surface area (Å²) in [6, 6.07) is 8.17. The molecule has 2 rings (SSSR count). The molecule has 0 radical (unpaired) electrons. The summed E-state index contributed by atoms with van der Waals surface area (Å²) < 4.78 is 0. The average molecular weight is 203 g/mol. The van der Waals surface area contributed by atoms with Crippen molar-refractivity contribution in [1.82, 2.24) is 5.32 Å². The van der Waals surface area contributed by atoms with E-state index in [9.17, 15) is 0 Å². The van der Waals surface area contributed by atoms with E-state index in [-0.39, 0.29) is 0 Å². The van der Waals surface area contributed by atoms with Crippen LogP contribution in [0.5, 0.6) is 0 Å². The standard InChI is InChI=1S/C14H21N/c1-9-5-6-13(7-10(9)2)14-8-11(3)15-12(14)4/h5-7,11-12,14-15H,8H2,1-4H3. The topological polar surface area (TPSA) is 12.0 Å². The number of hydrogen-bond acceptors (Lipinski definition) is 1. The summed E-state index contributed by atoms with van der Waals surface area (Å²) in [6.45, 7) is 8.95. The van der Waals surface area contributed by atoms with Gasteiger partial charge >= 0.3 is 0 Å². The van der Waals surface area contributed by atoms with Gasteiger partial charge in [-0.25, -0.2) is 0 Å². The van der Waals surface area contributed by atoms with Crippen molar-refractivity contribution in [2.45, 2.75) is 52.1 Å². The lowest BCUT2D eigenvalue weighted by atomic mass is 9.90. The number of aryl methyl sites for hydroxylation is 2. The van der Waals surface area contributed by atoms with Gasteiger partial charge in [0, 0.05) is 18.0 Å². The van der Waals surface area contributed by atoms with Gasteiger partial charge in [-0.1, -0.05) is 18.2 Å². The zero-order valence-electron chi connectivity index (χ0n) is 10.2. The Morgan fingerprint density at radius 2 is 1.87 bits per heavy atom. The third-order valence-electron chi connectivity index (χ3n) is 3.72. The molecule has 0 spiro atoms. The third-order valence-corrected chi connectivity index (χ3v) is 3.72. The van der Waals surface area contributed by atoms with Crippen LogP contribution in [0.4, 0.5) is 0 Å². The lowest BCUT2D eigenvalue weighted by molar-refractivity contribution is 0.574. The quantitative estimate of drug-likeness (QED) is 0.739. The van der Waals surface area contributed by atoms with E-state index < -0.39 is 0 Å². The van der Waals surface area contributed by atoms with Gasteiger partial charge in [-0.05, 0) is 50.8 Å². The molecule has 15 heavy (non-hydrogen) atoms. The molecular weight excluding hydrogens is 182 g/mol. The zero-order valence-corrected chi connectivity index (χ0v) is 10.2. The Bertz CT molecular complexity index is 356. The number of rotatable bonds is 1. The summed E-state index contributed by atoms with van der Waals surface area (Å²) in [7, 11) is 0. The predicted molar refractivity (Wildman–Crippen MR) is 65.3 cm³/mol. The molecular formula is C14H21N. The lowest BCUT2D eigenvalue weighted by Gasteiger charge is -2.16. The van der Waals surface area contributed by atoms with Crippen molar-refractivity contribution < 1.29 is 0 Å². The predicted octanol–water partition coefficient (Wildman–Crippen LogP) is 3.16. The van der Waals surface area contributed by atoms with Crippen molar-refractivity contribution in [2.24, 2.45) is 0 Å². The van der Waals surface area contributed by atoms with E-state index in [0.29, 0.717) is 18.0 Å². The molecule has 1 heteroatoms. The fraction of sp³-hybridized carbons (Fsp3) is 0.571. The molecule has 0 aliphatic carbocycles. The molecule has 82 valence electrons. The third kappa shape index (κ3) is 2.07. The van der Waals surface area contributed by atoms with Crippen molar-refractivity contribution in [2.75, 3.05) is 0 Å². The molecule has 1 aliphatic rings. The molecule has 1 aromatic rings. The highest BCUT2D eigenvalue weighted by molar-refractivity contribution is 5.33. The Balaban J connectivity index is 2.26. The van der Waals surface area contributed by atoms with Crippen LogP contribution in [-0.4, -0.2) is 12.1 Å². The summed E-state index contributed by atoms with van der Waals surface area (Å²) >= 11 is 0. The molecule has 1 aliphatic heterocycles. The van der Waals surface area contributed by atoms with E-state index in [1.54, 1.807) is 0 Å². The highest BCUT2D eigenvalue weighted by Gasteiger charge is 2.28. The van der Waals surface area contributed by atoms with Crippen LogP contribution < -0.4 is 5.32 Å². The molecule has 3 atom stereocenters. The van der Waals surface area contributed by atoms with Crippen LogP contribution in [0.3, 0.4) is 0 Å². The normalized spacial score (nSPS) is 30.8. The molecule has 3 unspecified atom stereocenters. The van der Waals surface area contributed by atoms with Gasteiger partial charge in [-0.2, -0.15) is 0 Å². The van der Waals surface area contributed by atoms with Gasteiger partial charge in [-0.3, -0.25) is 0 Å². The second-order valence-electron chi connectivity index (χ2n) is 5.04. The number of hydrogen-bond donors (Lipinski definition) is 1. The maximum absolute atomic E-state index is 3.60. The number of nitrogens with one attached hydrogen (secondary N) is 1. The molecule has 0 saturated carbocycles. The first-order chi connectivity index (χ1) is 7.08. The molecule has 1 fully saturated rings. The van der Waals surface area contributed by atoms with Crippen LogP contribution in [0.15, 0.2) is 18.2 Å². The van der Waals surface area contributed by atoms with Crippen LogP contribution in [0, 0.1) is 13.8 Å². The van der Waals surface area contributed by atoms with Crippen LogP contribution in [-0.2, 0) is 0 Å². The largest absolute Gasteiger partial charge is 0.311 e. The SMILES string of the molecule is Cc1ccc(C2CC(C)NC2C)cc1C. The van der Waals surface area contributed by atoms with Crippen molar-refractivity contribution in [3.05, 3.63) is 34.9 Å². The maximum atomic E-state index is 3.60. The summed E-state index contributed by atoms with van der Waals surface area (Å²) in [6.07, 6.45) is 1.27. The molecule has 1 aromatic carbocycles. The zero-order chi connectivity index (χ0) is 11.0. The highest BCUT2D eigenvalue weighted by atomic mass is 15.0. The minimum Gasteiger partial charge on any atom is -0.311 e. The molecule has 0 amide bonds. The fourth-order valence-electron chi connectivity index (χ4n) is 2.64. The number of benzene rings is 1. The van der Waals surface area contributed by atoms with Gasteiger partial charge in [-0.15, -0.1) is 0 Å². The molecule has 0 aromatic heterocycles. The van der Waals surface area contributed by atoms with Crippen LogP contribution in [0.2, 0.25) is 0 Å². The van der Waals surface area contributed by atoms with Gasteiger partial charge in [0.2, 0.25) is 0 Å². The van der Waals surface area contributed by atoms with Gasteiger partial charge in [0.05, 0.1) is 0 Å². The van der Waals surface area contributed by atoms with E-state index in [0.717, 1.165) is 0 Å². The molecule has 1 nitrogen and oxygen atoms in total. The van der Waals surface area contributed by atoms with E-state index in [2.05, 4.69) is 51.2 Å². The summed E-state index contributed by atoms with van der Waals surface area (Å²) in [5, 5.41) is 3.60. The van der Waals surface area contributed by atoms with Crippen molar-refractivity contribution >= 4 is 0 Å². The summed E-state index contributed by atoms with van der Waals surface area (Å²) in [5.41, 5.74) is 4.31. The van der Waals surface area contributed by atoms with Crippen LogP contribution >= 0.6 is 0 Å². The first-order valence-electron chi connectivity index (χ1n) is 5.91. The van der Waals surface area contributed by atoms with Crippen LogP contribution in [0.25, 0.3) is 0 Å². The summed E-state index contributed by atoms with van der Waals surface area (Å²) in [5.74, 6) is 0.694. The van der Waals surface area contributed by atoms with E-state index >= 15 is 0 Å². The Morgan fingerprint density at radius 1 is 1.13 bits per heavy atom.